The van der Waals surface area contributed by atoms with Gasteiger partial charge in [-0.1, -0.05) is 0 Å². The first-order chi connectivity index (χ1) is 8.09. The number of H-pyrrole nitrogens is 1. The fraction of sp³-hybridized carbons (Fsp3) is 0.700. The molecule has 2 rings (SSSR count). The van der Waals surface area contributed by atoms with Crippen molar-refractivity contribution >= 4 is 10.0 Å². The van der Waals surface area contributed by atoms with E-state index >= 15 is 0 Å². The molecule has 0 bridgehead atoms. The molecule has 17 heavy (non-hydrogen) atoms. The van der Waals surface area contributed by atoms with Gasteiger partial charge < -0.3 is 4.74 Å². The van der Waals surface area contributed by atoms with Crippen molar-refractivity contribution in [1.82, 2.24) is 14.9 Å². The van der Waals surface area contributed by atoms with E-state index in [9.17, 15) is 8.42 Å². The van der Waals surface area contributed by atoms with Crippen LogP contribution in [0, 0.1) is 12.8 Å². The van der Waals surface area contributed by atoms with Gasteiger partial charge in [-0.15, -0.1) is 0 Å². The van der Waals surface area contributed by atoms with Gasteiger partial charge in [0.15, 0.2) is 0 Å². The molecule has 1 aromatic rings. The highest BCUT2D eigenvalue weighted by Gasteiger charge is 2.21. The van der Waals surface area contributed by atoms with E-state index in [2.05, 4.69) is 14.9 Å². The highest BCUT2D eigenvalue weighted by atomic mass is 32.2. The van der Waals surface area contributed by atoms with E-state index in [1.165, 1.54) is 6.20 Å². The van der Waals surface area contributed by atoms with Crippen LogP contribution in [-0.2, 0) is 14.8 Å². The fourth-order valence-corrected chi connectivity index (χ4v) is 3.12. The maximum Gasteiger partial charge on any atom is 0.243 e. The number of aromatic amines is 1. The molecule has 1 aromatic heterocycles. The van der Waals surface area contributed by atoms with Crippen LogP contribution in [0.3, 0.4) is 0 Å². The van der Waals surface area contributed by atoms with Crippen LogP contribution in [0.5, 0.6) is 0 Å². The lowest BCUT2D eigenvalue weighted by molar-refractivity contribution is 0.0678. The Balaban J connectivity index is 1.96. The number of ether oxygens (including phenoxy) is 1. The van der Waals surface area contributed by atoms with Crippen molar-refractivity contribution in [2.24, 2.45) is 5.92 Å². The Hall–Kier alpha value is -0.920. The highest BCUT2D eigenvalue weighted by molar-refractivity contribution is 7.89. The van der Waals surface area contributed by atoms with Crippen molar-refractivity contribution in [2.45, 2.75) is 24.7 Å². The molecule has 2 heterocycles. The number of rotatable bonds is 4. The minimum atomic E-state index is -3.43. The van der Waals surface area contributed by atoms with E-state index < -0.39 is 10.0 Å². The lowest BCUT2D eigenvalue weighted by atomic mass is 10.0. The van der Waals surface area contributed by atoms with Crippen LogP contribution in [0.1, 0.15) is 18.5 Å². The van der Waals surface area contributed by atoms with E-state index in [-0.39, 0.29) is 4.90 Å². The smallest absolute Gasteiger partial charge is 0.243 e. The molecule has 0 unspecified atom stereocenters. The Morgan fingerprint density at radius 1 is 1.53 bits per heavy atom. The average Bonchev–Trinajstić information content (AvgIpc) is 2.75. The van der Waals surface area contributed by atoms with Crippen LogP contribution in [0.2, 0.25) is 0 Å². The van der Waals surface area contributed by atoms with Crippen molar-refractivity contribution in [3.63, 3.8) is 0 Å². The second-order valence-electron chi connectivity index (χ2n) is 4.27. The van der Waals surface area contributed by atoms with Crippen LogP contribution in [0.25, 0.3) is 0 Å². The third-order valence-corrected chi connectivity index (χ3v) is 4.51. The van der Waals surface area contributed by atoms with Crippen molar-refractivity contribution in [3.05, 3.63) is 11.9 Å². The van der Waals surface area contributed by atoms with Gasteiger partial charge in [-0.2, -0.15) is 5.10 Å². The van der Waals surface area contributed by atoms with Gasteiger partial charge in [0.2, 0.25) is 10.0 Å². The summed E-state index contributed by atoms with van der Waals surface area (Å²) in [6.45, 7) is 3.60. The summed E-state index contributed by atoms with van der Waals surface area (Å²) in [4.78, 5) is 0.226. The number of nitrogens with zero attached hydrogens (tertiary/aromatic N) is 1. The van der Waals surface area contributed by atoms with E-state index in [4.69, 9.17) is 4.74 Å². The van der Waals surface area contributed by atoms with Gasteiger partial charge in [-0.3, -0.25) is 5.10 Å². The quantitative estimate of drug-likeness (QED) is 0.821. The number of hydrogen-bond acceptors (Lipinski definition) is 4. The van der Waals surface area contributed by atoms with Gasteiger partial charge in [0, 0.05) is 19.8 Å². The van der Waals surface area contributed by atoms with E-state index in [0.29, 0.717) is 18.2 Å². The summed E-state index contributed by atoms with van der Waals surface area (Å²) in [5.74, 6) is 0.366. The molecule has 1 aliphatic heterocycles. The van der Waals surface area contributed by atoms with Crippen LogP contribution in [0.4, 0.5) is 0 Å². The first kappa shape index (κ1) is 12.5. The lowest BCUT2D eigenvalue weighted by Crippen LogP contribution is -2.32. The van der Waals surface area contributed by atoms with Crippen molar-refractivity contribution in [2.75, 3.05) is 19.8 Å². The van der Waals surface area contributed by atoms with Crippen LogP contribution in [0.15, 0.2) is 11.1 Å². The Bertz CT molecular complexity index is 463. The zero-order valence-corrected chi connectivity index (χ0v) is 10.6. The summed E-state index contributed by atoms with van der Waals surface area (Å²) in [6.07, 6.45) is 3.15. The summed E-state index contributed by atoms with van der Waals surface area (Å²) in [7, 11) is -3.43. The maximum absolute atomic E-state index is 12.0. The second kappa shape index (κ2) is 5.16. The minimum absolute atomic E-state index is 0.226. The van der Waals surface area contributed by atoms with Gasteiger partial charge in [-0.25, -0.2) is 13.1 Å². The number of aryl methyl sites for hydroxylation is 1. The zero-order chi connectivity index (χ0) is 12.3. The Morgan fingerprint density at radius 3 is 2.82 bits per heavy atom. The Morgan fingerprint density at radius 2 is 2.24 bits per heavy atom. The molecule has 96 valence electrons. The van der Waals surface area contributed by atoms with Crippen LogP contribution < -0.4 is 4.72 Å². The molecular formula is C10H17N3O3S. The highest BCUT2D eigenvalue weighted by Crippen LogP contribution is 2.16. The Kier molecular flexibility index (Phi) is 3.80. The topological polar surface area (TPSA) is 84.1 Å². The summed E-state index contributed by atoms with van der Waals surface area (Å²) in [5, 5.41) is 6.34. The molecule has 1 aliphatic rings. The lowest BCUT2D eigenvalue weighted by Gasteiger charge is -2.21. The Labute approximate surface area is 101 Å². The molecule has 0 aliphatic carbocycles. The monoisotopic (exact) mass is 259 g/mol. The zero-order valence-electron chi connectivity index (χ0n) is 9.77. The largest absolute Gasteiger partial charge is 0.381 e. The van der Waals surface area contributed by atoms with Gasteiger partial charge in [0.1, 0.15) is 4.90 Å². The summed E-state index contributed by atoms with van der Waals surface area (Å²) in [6, 6.07) is 0. The molecule has 0 aromatic carbocycles. The van der Waals surface area contributed by atoms with Gasteiger partial charge in [0.05, 0.1) is 11.9 Å². The standard InChI is InChI=1S/C10H17N3O3S/c1-8-10(7-11-13-8)17(14,15)12-6-9-2-4-16-5-3-9/h7,9,12H,2-6H2,1H3,(H,11,13). The predicted molar refractivity (Wildman–Crippen MR) is 62.1 cm³/mol. The fourth-order valence-electron chi connectivity index (χ4n) is 1.87. The number of sulfonamides is 1. The predicted octanol–water partition coefficient (Wildman–Crippen LogP) is 0.423. The molecule has 0 saturated carbocycles. The normalized spacial score (nSPS) is 18.4. The third kappa shape index (κ3) is 3.05. The molecule has 1 fully saturated rings. The SMILES string of the molecule is Cc1[nH]ncc1S(=O)(=O)NCC1CCOCC1. The number of nitrogens with one attached hydrogen (secondary N) is 2. The van der Waals surface area contributed by atoms with Crippen molar-refractivity contribution < 1.29 is 13.2 Å². The molecule has 0 spiro atoms. The van der Waals surface area contributed by atoms with Crippen LogP contribution in [-0.4, -0.2) is 38.4 Å². The first-order valence-electron chi connectivity index (χ1n) is 5.67. The average molecular weight is 259 g/mol. The molecule has 0 radical (unpaired) electrons. The molecule has 2 N–H and O–H groups in total. The molecule has 0 amide bonds. The van der Waals surface area contributed by atoms with E-state index in [1.807, 2.05) is 0 Å². The number of hydrogen-bond donors (Lipinski definition) is 2. The minimum Gasteiger partial charge on any atom is -0.381 e. The number of aromatic nitrogens is 2. The first-order valence-corrected chi connectivity index (χ1v) is 7.15. The summed E-state index contributed by atoms with van der Waals surface area (Å²) in [5.41, 5.74) is 0.560. The van der Waals surface area contributed by atoms with Gasteiger partial charge >= 0.3 is 0 Å². The summed E-state index contributed by atoms with van der Waals surface area (Å²) >= 11 is 0. The maximum atomic E-state index is 12.0. The van der Waals surface area contributed by atoms with Crippen molar-refractivity contribution in [3.8, 4) is 0 Å². The van der Waals surface area contributed by atoms with Gasteiger partial charge in [-0.05, 0) is 25.7 Å². The van der Waals surface area contributed by atoms with E-state index in [0.717, 1.165) is 26.1 Å². The van der Waals surface area contributed by atoms with Crippen molar-refractivity contribution in [1.29, 1.82) is 0 Å². The summed E-state index contributed by atoms with van der Waals surface area (Å²) < 4.78 is 31.8. The molecule has 0 atom stereocenters. The molecular weight excluding hydrogens is 242 g/mol. The van der Waals surface area contributed by atoms with E-state index in [1.54, 1.807) is 6.92 Å². The third-order valence-electron chi connectivity index (χ3n) is 2.98. The second-order valence-corrected chi connectivity index (χ2v) is 6.00. The molecule has 6 nitrogen and oxygen atoms in total. The molecule has 1 saturated heterocycles. The van der Waals surface area contributed by atoms with Gasteiger partial charge in [0.25, 0.3) is 0 Å². The van der Waals surface area contributed by atoms with Crippen LogP contribution >= 0.6 is 0 Å². The molecule has 7 heteroatoms.